The van der Waals surface area contributed by atoms with E-state index < -0.39 is 43.8 Å². The second kappa shape index (κ2) is 7.07. The number of aliphatic hydroxyl groups is 6. The van der Waals surface area contributed by atoms with Crippen molar-refractivity contribution in [3.63, 3.8) is 0 Å². The maximum absolute atomic E-state index is 9.39. The summed E-state index contributed by atoms with van der Waals surface area (Å²) < 4.78 is 7.29. The third-order valence-electron chi connectivity index (χ3n) is 1.79. The normalized spacial score (nSPS) is 24.9. The summed E-state index contributed by atoms with van der Waals surface area (Å²) in [5.41, 5.74) is 0. The number of hydrogen-bond donors (Lipinski definition) is 7. The molecule has 6 atom stereocenters. The Hall–Kier alpha value is -0.280. The molecule has 0 rings (SSSR count). The third kappa shape index (κ3) is 5.38. The molecule has 0 radical (unpaired) electrons. The predicted octanol–water partition coefficient (Wildman–Crippen LogP) is -3.65. The van der Waals surface area contributed by atoms with Crippen molar-refractivity contribution in [1.29, 1.82) is 0 Å². The zero-order chi connectivity index (χ0) is 12.9. The second-order valence-electron chi connectivity index (χ2n) is 3.23. The molecule has 15 heavy (non-hydrogen) atoms. The van der Waals surface area contributed by atoms with Crippen LogP contribution in [-0.4, -0.2) is 74.4 Å². The molecule has 0 saturated carbocycles. The lowest BCUT2D eigenvalue weighted by atomic mass is 10.0. The van der Waals surface area contributed by atoms with Crippen LogP contribution in [0.15, 0.2) is 0 Å². The molecule has 0 aliphatic rings. The first-order chi connectivity index (χ1) is 7.31. The summed E-state index contributed by atoms with van der Waals surface area (Å²) in [4.78, 5) is 0. The lowest BCUT2D eigenvalue weighted by molar-refractivity contribution is -0.115. The standard InChI is InChI=1S/C8H19NO6/c1-4(11)9-2-5(12)7(14)8(15)6(13)3-10/h4-15H,2-3H2,1H3/t4?,5-,6+,7+,8+/m0/s1/i2D/t2?,4?,5-,6+,7+,8+. The van der Waals surface area contributed by atoms with E-state index in [0.29, 0.717) is 0 Å². The van der Waals surface area contributed by atoms with Crippen LogP contribution in [0.25, 0.3) is 0 Å². The molecule has 0 aromatic rings. The zero-order valence-corrected chi connectivity index (χ0v) is 8.35. The minimum absolute atomic E-state index is 0.780. The maximum atomic E-state index is 9.39. The van der Waals surface area contributed by atoms with Crippen molar-refractivity contribution in [2.24, 2.45) is 0 Å². The zero-order valence-electron chi connectivity index (χ0n) is 9.35. The summed E-state index contributed by atoms with van der Waals surface area (Å²) in [6, 6.07) is 0. The summed E-state index contributed by atoms with van der Waals surface area (Å²) in [7, 11) is 0. The molecule has 0 aromatic carbocycles. The third-order valence-corrected chi connectivity index (χ3v) is 1.79. The molecule has 0 fully saturated rings. The quantitative estimate of drug-likeness (QED) is 0.223. The Balaban J connectivity index is 4.30. The van der Waals surface area contributed by atoms with Gasteiger partial charge < -0.3 is 30.6 Å². The number of rotatable bonds is 7. The molecule has 0 heterocycles. The van der Waals surface area contributed by atoms with Crippen molar-refractivity contribution in [2.75, 3.05) is 13.1 Å². The summed E-state index contributed by atoms with van der Waals surface area (Å²) in [6.45, 7) is -0.896. The minimum atomic E-state index is -1.81. The summed E-state index contributed by atoms with van der Waals surface area (Å²) in [5.74, 6) is 0. The Labute approximate surface area is 89.0 Å². The van der Waals surface area contributed by atoms with Crippen molar-refractivity contribution in [3.8, 4) is 0 Å². The Morgan fingerprint density at radius 3 is 1.93 bits per heavy atom. The molecular weight excluding hydrogens is 206 g/mol. The second-order valence-corrected chi connectivity index (χ2v) is 3.23. The predicted molar refractivity (Wildman–Crippen MR) is 50.8 cm³/mol. The van der Waals surface area contributed by atoms with E-state index in [9.17, 15) is 15.3 Å². The van der Waals surface area contributed by atoms with E-state index in [1.54, 1.807) is 0 Å². The van der Waals surface area contributed by atoms with Gasteiger partial charge in [-0.1, -0.05) is 0 Å². The smallest absolute Gasteiger partial charge is 0.111 e. The van der Waals surface area contributed by atoms with Gasteiger partial charge in [0.1, 0.15) is 24.5 Å². The molecule has 7 heteroatoms. The van der Waals surface area contributed by atoms with Gasteiger partial charge in [0, 0.05) is 7.89 Å². The van der Waals surface area contributed by atoms with Gasteiger partial charge in [-0.3, -0.25) is 5.32 Å². The van der Waals surface area contributed by atoms with Gasteiger partial charge in [0.25, 0.3) is 0 Å². The number of nitrogens with one attached hydrogen (secondary N) is 1. The SMILES string of the molecule is [2H]C(NC(C)O)[C@H](O)[C@@H](O)[C@H](O)[C@H](O)CO. The molecule has 7 N–H and O–H groups in total. The van der Waals surface area contributed by atoms with E-state index >= 15 is 0 Å². The molecule has 0 spiro atoms. The Kier molecular flexibility index (Phi) is 6.03. The highest BCUT2D eigenvalue weighted by atomic mass is 16.4. The van der Waals surface area contributed by atoms with Crippen molar-refractivity contribution in [3.05, 3.63) is 0 Å². The lowest BCUT2D eigenvalue weighted by Gasteiger charge is -2.26. The van der Waals surface area contributed by atoms with Crippen LogP contribution in [0.4, 0.5) is 0 Å². The number of hydrogen-bond acceptors (Lipinski definition) is 7. The van der Waals surface area contributed by atoms with Gasteiger partial charge in [-0.05, 0) is 6.92 Å². The van der Waals surface area contributed by atoms with Crippen molar-refractivity contribution >= 4 is 0 Å². The molecule has 0 amide bonds. The molecular formula is C8H19NO6. The van der Waals surface area contributed by atoms with E-state index in [0.717, 1.165) is 0 Å². The first kappa shape index (κ1) is 12.8. The highest BCUT2D eigenvalue weighted by molar-refractivity contribution is 4.81. The fourth-order valence-electron chi connectivity index (χ4n) is 0.874. The maximum Gasteiger partial charge on any atom is 0.111 e. The van der Waals surface area contributed by atoms with Crippen molar-refractivity contribution < 1.29 is 32.0 Å². The Morgan fingerprint density at radius 1 is 1.07 bits per heavy atom. The van der Waals surface area contributed by atoms with Crippen LogP contribution < -0.4 is 5.32 Å². The largest absolute Gasteiger partial charge is 0.394 e. The fourth-order valence-corrected chi connectivity index (χ4v) is 0.874. The van der Waals surface area contributed by atoms with Gasteiger partial charge in [-0.25, -0.2) is 0 Å². The molecule has 0 aromatic heterocycles. The van der Waals surface area contributed by atoms with Crippen molar-refractivity contribution in [2.45, 2.75) is 37.6 Å². The lowest BCUT2D eigenvalue weighted by Crippen LogP contribution is -2.49. The fraction of sp³-hybridized carbons (Fsp3) is 1.00. The van der Waals surface area contributed by atoms with Crippen molar-refractivity contribution in [1.82, 2.24) is 5.32 Å². The molecule has 0 aliphatic carbocycles. The van der Waals surface area contributed by atoms with Gasteiger partial charge in [0.15, 0.2) is 0 Å². The van der Waals surface area contributed by atoms with Crippen LogP contribution in [0.5, 0.6) is 0 Å². The highest BCUT2D eigenvalue weighted by Gasteiger charge is 2.29. The van der Waals surface area contributed by atoms with Crippen LogP contribution >= 0.6 is 0 Å². The average Bonchev–Trinajstić information content (AvgIpc) is 2.23. The Bertz CT molecular complexity index is 195. The molecule has 92 valence electrons. The van der Waals surface area contributed by atoms with Gasteiger partial charge in [-0.2, -0.15) is 0 Å². The van der Waals surface area contributed by atoms with Crippen LogP contribution in [0, 0.1) is 0 Å². The van der Waals surface area contributed by atoms with Crippen LogP contribution in [0.3, 0.4) is 0 Å². The van der Waals surface area contributed by atoms with E-state index in [1.807, 2.05) is 0 Å². The van der Waals surface area contributed by atoms with Gasteiger partial charge in [0.05, 0.1) is 12.7 Å². The van der Waals surface area contributed by atoms with E-state index in [-0.39, 0.29) is 0 Å². The van der Waals surface area contributed by atoms with Crippen LogP contribution in [-0.2, 0) is 0 Å². The summed E-state index contributed by atoms with van der Waals surface area (Å²) in [5, 5.41) is 56.6. The summed E-state index contributed by atoms with van der Waals surface area (Å²) in [6.07, 6.45) is -7.97. The number of aliphatic hydroxyl groups excluding tert-OH is 6. The van der Waals surface area contributed by atoms with E-state index in [4.69, 9.17) is 16.7 Å². The molecule has 2 unspecified atom stereocenters. The molecule has 0 saturated heterocycles. The van der Waals surface area contributed by atoms with Gasteiger partial charge >= 0.3 is 0 Å². The monoisotopic (exact) mass is 226 g/mol. The van der Waals surface area contributed by atoms with Crippen LogP contribution in [0.2, 0.25) is 0 Å². The highest BCUT2D eigenvalue weighted by Crippen LogP contribution is 2.04. The van der Waals surface area contributed by atoms with Crippen LogP contribution in [0.1, 0.15) is 8.29 Å². The summed E-state index contributed by atoms with van der Waals surface area (Å²) >= 11 is 0. The average molecular weight is 226 g/mol. The van der Waals surface area contributed by atoms with E-state index in [2.05, 4.69) is 5.32 Å². The first-order valence-electron chi connectivity index (χ1n) is 5.08. The topological polar surface area (TPSA) is 133 Å². The van der Waals surface area contributed by atoms with Gasteiger partial charge in [-0.15, -0.1) is 0 Å². The first-order valence-corrected chi connectivity index (χ1v) is 4.50. The Morgan fingerprint density at radius 2 is 1.53 bits per heavy atom. The molecule has 0 bridgehead atoms. The minimum Gasteiger partial charge on any atom is -0.394 e. The van der Waals surface area contributed by atoms with E-state index in [1.165, 1.54) is 6.92 Å². The molecule has 0 aliphatic heterocycles. The van der Waals surface area contributed by atoms with Gasteiger partial charge in [0.2, 0.25) is 0 Å². The molecule has 7 nitrogen and oxygen atoms in total.